The molecule has 0 unspecified atom stereocenters. The summed E-state index contributed by atoms with van der Waals surface area (Å²) in [5.41, 5.74) is 2.45. The number of anilines is 2. The van der Waals surface area contributed by atoms with Crippen LogP contribution >= 0.6 is 0 Å². The number of aromatic nitrogens is 2. The summed E-state index contributed by atoms with van der Waals surface area (Å²) in [7, 11) is 0. The molecule has 1 saturated heterocycles. The Kier molecular flexibility index (Phi) is 6.41. The third-order valence-electron chi connectivity index (χ3n) is 4.62. The van der Waals surface area contributed by atoms with Gasteiger partial charge in [-0.05, 0) is 25.0 Å². The molecule has 0 spiro atoms. The molecule has 2 amide bonds. The minimum Gasteiger partial charge on any atom is -0.450 e. The molecule has 0 atom stereocenters. The van der Waals surface area contributed by atoms with Crippen LogP contribution in [-0.2, 0) is 11.2 Å². The zero-order valence-corrected chi connectivity index (χ0v) is 16.2. The number of carbonyl (C=O) groups is 2. The normalized spacial score (nSPS) is 13.9. The maximum atomic E-state index is 12.6. The highest BCUT2D eigenvalue weighted by molar-refractivity contribution is 5.92. The number of hydrogen-bond donors (Lipinski definition) is 1. The van der Waals surface area contributed by atoms with Crippen LogP contribution in [0.1, 0.15) is 29.9 Å². The third-order valence-corrected chi connectivity index (χ3v) is 4.62. The molecule has 28 heavy (non-hydrogen) atoms. The lowest BCUT2D eigenvalue weighted by atomic mass is 10.1. The van der Waals surface area contributed by atoms with E-state index in [0.29, 0.717) is 44.3 Å². The molecule has 0 radical (unpaired) electrons. The third kappa shape index (κ3) is 4.57. The number of hydrogen-bond acceptors (Lipinski definition) is 6. The van der Waals surface area contributed by atoms with Crippen molar-refractivity contribution in [3.63, 3.8) is 0 Å². The van der Waals surface area contributed by atoms with E-state index in [1.165, 1.54) is 11.8 Å². The van der Waals surface area contributed by atoms with Crippen LogP contribution in [-0.4, -0.2) is 64.6 Å². The van der Waals surface area contributed by atoms with Crippen LogP contribution in [0.5, 0.6) is 0 Å². The fourth-order valence-electron chi connectivity index (χ4n) is 3.06. The number of piperazine rings is 1. The van der Waals surface area contributed by atoms with Crippen molar-refractivity contribution >= 4 is 23.5 Å². The first-order valence-corrected chi connectivity index (χ1v) is 9.50. The molecule has 1 aromatic heterocycles. The Balaban J connectivity index is 1.59. The van der Waals surface area contributed by atoms with Gasteiger partial charge in [-0.15, -0.1) is 0 Å². The average molecular weight is 383 g/mol. The van der Waals surface area contributed by atoms with Gasteiger partial charge in [-0.1, -0.05) is 25.1 Å². The van der Waals surface area contributed by atoms with E-state index in [1.54, 1.807) is 22.9 Å². The summed E-state index contributed by atoms with van der Waals surface area (Å²) in [6, 6.07) is 8.01. The maximum absolute atomic E-state index is 12.6. The Morgan fingerprint density at radius 2 is 1.75 bits per heavy atom. The van der Waals surface area contributed by atoms with E-state index in [2.05, 4.69) is 28.3 Å². The number of nitrogens with one attached hydrogen (secondary N) is 1. The minimum absolute atomic E-state index is 0.184. The first-order valence-electron chi connectivity index (χ1n) is 9.50. The van der Waals surface area contributed by atoms with Crippen molar-refractivity contribution in [2.24, 2.45) is 0 Å². The molecule has 8 heteroatoms. The lowest BCUT2D eigenvalue weighted by molar-refractivity contribution is 0.0565. The lowest BCUT2D eigenvalue weighted by Gasteiger charge is -2.33. The largest absolute Gasteiger partial charge is 0.450 e. The van der Waals surface area contributed by atoms with Crippen molar-refractivity contribution in [2.45, 2.75) is 20.3 Å². The Labute approximate surface area is 164 Å². The molecule has 1 aliphatic rings. The van der Waals surface area contributed by atoms with Gasteiger partial charge in [0, 0.05) is 31.9 Å². The van der Waals surface area contributed by atoms with Gasteiger partial charge in [0.2, 0.25) is 0 Å². The highest BCUT2D eigenvalue weighted by atomic mass is 16.6. The second-order valence-electron chi connectivity index (χ2n) is 6.40. The summed E-state index contributed by atoms with van der Waals surface area (Å²) in [5, 5.41) is 3.24. The summed E-state index contributed by atoms with van der Waals surface area (Å²) in [6.45, 7) is 6.01. The van der Waals surface area contributed by atoms with Gasteiger partial charge in [0.25, 0.3) is 5.91 Å². The first kappa shape index (κ1) is 19.6. The smallest absolute Gasteiger partial charge is 0.409 e. The summed E-state index contributed by atoms with van der Waals surface area (Å²) >= 11 is 0. The molecular formula is C20H25N5O3. The van der Waals surface area contributed by atoms with Crippen LogP contribution < -0.4 is 5.32 Å². The molecule has 1 aromatic carbocycles. The number of aryl methyl sites for hydroxylation is 1. The average Bonchev–Trinajstić information content (AvgIpc) is 2.74. The highest BCUT2D eigenvalue weighted by Gasteiger charge is 2.26. The Morgan fingerprint density at radius 3 is 2.39 bits per heavy atom. The van der Waals surface area contributed by atoms with E-state index >= 15 is 0 Å². The van der Waals surface area contributed by atoms with Crippen molar-refractivity contribution in [1.82, 2.24) is 19.8 Å². The highest BCUT2D eigenvalue weighted by Crippen LogP contribution is 2.19. The lowest BCUT2D eigenvalue weighted by Crippen LogP contribution is -2.50. The minimum atomic E-state index is -0.336. The molecule has 8 nitrogen and oxygen atoms in total. The predicted molar refractivity (Wildman–Crippen MR) is 106 cm³/mol. The van der Waals surface area contributed by atoms with Crippen LogP contribution in [0.2, 0.25) is 0 Å². The Bertz CT molecular complexity index is 817. The topological polar surface area (TPSA) is 87.7 Å². The van der Waals surface area contributed by atoms with Crippen LogP contribution in [0.4, 0.5) is 16.3 Å². The molecular weight excluding hydrogens is 358 g/mol. The van der Waals surface area contributed by atoms with Crippen molar-refractivity contribution in [3.05, 3.63) is 47.9 Å². The van der Waals surface area contributed by atoms with Crippen molar-refractivity contribution in [3.8, 4) is 0 Å². The van der Waals surface area contributed by atoms with Crippen LogP contribution in [0.25, 0.3) is 0 Å². The molecule has 2 aromatic rings. The molecule has 0 saturated carbocycles. The SMILES string of the molecule is CCOC(=O)N1CCN(C(=O)c2cnc(Nc3ccccc3CC)cn2)CC1. The summed E-state index contributed by atoms with van der Waals surface area (Å²) in [6.07, 6.45) is 3.62. The van der Waals surface area contributed by atoms with Gasteiger partial charge in [0.1, 0.15) is 11.5 Å². The zero-order valence-electron chi connectivity index (χ0n) is 16.2. The van der Waals surface area contributed by atoms with Crippen molar-refractivity contribution in [1.29, 1.82) is 0 Å². The number of rotatable bonds is 5. The van der Waals surface area contributed by atoms with Crippen molar-refractivity contribution in [2.75, 3.05) is 38.1 Å². The molecule has 1 aliphatic heterocycles. The number of benzene rings is 1. The summed E-state index contributed by atoms with van der Waals surface area (Å²) in [5.74, 6) is 0.404. The number of amides is 2. The summed E-state index contributed by atoms with van der Waals surface area (Å²) < 4.78 is 4.99. The van der Waals surface area contributed by atoms with Gasteiger partial charge in [-0.2, -0.15) is 0 Å². The monoisotopic (exact) mass is 383 g/mol. The van der Waals surface area contributed by atoms with E-state index in [9.17, 15) is 9.59 Å². The van der Waals surface area contributed by atoms with Crippen molar-refractivity contribution < 1.29 is 14.3 Å². The first-order chi connectivity index (χ1) is 13.6. The molecule has 1 N–H and O–H groups in total. The quantitative estimate of drug-likeness (QED) is 0.854. The van der Waals surface area contributed by atoms with Crippen LogP contribution in [0, 0.1) is 0 Å². The number of para-hydroxylation sites is 1. The summed E-state index contributed by atoms with van der Waals surface area (Å²) in [4.78, 5) is 36.3. The van der Waals surface area contributed by atoms with E-state index in [-0.39, 0.29) is 12.0 Å². The van der Waals surface area contributed by atoms with E-state index in [0.717, 1.165) is 12.1 Å². The number of carbonyl (C=O) groups excluding carboxylic acids is 2. The molecule has 2 heterocycles. The van der Waals surface area contributed by atoms with Gasteiger partial charge in [-0.25, -0.2) is 14.8 Å². The standard InChI is InChI=1S/C20H25N5O3/c1-3-15-7-5-6-8-16(15)23-18-14-21-17(13-22-18)19(26)24-9-11-25(12-10-24)20(27)28-4-2/h5-8,13-14H,3-4,9-12H2,1-2H3,(H,22,23). The molecule has 1 fully saturated rings. The zero-order chi connectivity index (χ0) is 19.9. The molecule has 3 rings (SSSR count). The van der Waals surface area contributed by atoms with E-state index < -0.39 is 0 Å². The molecule has 0 bridgehead atoms. The number of ether oxygens (including phenoxy) is 1. The van der Waals surface area contributed by atoms with Gasteiger partial charge < -0.3 is 19.9 Å². The number of nitrogens with zero attached hydrogens (tertiary/aromatic N) is 4. The van der Waals surface area contributed by atoms with Crippen LogP contribution in [0.3, 0.4) is 0 Å². The van der Waals surface area contributed by atoms with Gasteiger partial charge in [0.05, 0.1) is 19.0 Å². The van der Waals surface area contributed by atoms with Gasteiger partial charge >= 0.3 is 6.09 Å². The second kappa shape index (κ2) is 9.16. The van der Waals surface area contributed by atoms with E-state index in [4.69, 9.17) is 4.74 Å². The van der Waals surface area contributed by atoms with Gasteiger partial charge in [0.15, 0.2) is 0 Å². The van der Waals surface area contributed by atoms with Crippen LogP contribution in [0.15, 0.2) is 36.7 Å². The van der Waals surface area contributed by atoms with E-state index in [1.807, 2.05) is 18.2 Å². The molecule has 0 aliphatic carbocycles. The predicted octanol–water partition coefficient (Wildman–Crippen LogP) is 2.70. The fraction of sp³-hybridized carbons (Fsp3) is 0.400. The fourth-order valence-corrected chi connectivity index (χ4v) is 3.06. The molecule has 148 valence electrons. The second-order valence-corrected chi connectivity index (χ2v) is 6.40. The Morgan fingerprint density at radius 1 is 1.04 bits per heavy atom. The maximum Gasteiger partial charge on any atom is 0.409 e. The Hall–Kier alpha value is -3.16. The van der Waals surface area contributed by atoms with Gasteiger partial charge in [-0.3, -0.25) is 4.79 Å².